The highest BCUT2D eigenvalue weighted by molar-refractivity contribution is 5.64. The molecule has 92 valence electrons. The number of hydrogen-bond donors (Lipinski definition) is 2. The SMILES string of the molecule is Cc1nn(C)c(NCCc2nncn2C)c1N. The minimum atomic E-state index is 0.700. The van der Waals surface area contributed by atoms with Gasteiger partial charge in [-0.1, -0.05) is 0 Å². The van der Waals surface area contributed by atoms with Crippen LogP contribution in [0.25, 0.3) is 0 Å². The second-order valence-electron chi connectivity index (χ2n) is 4.01. The van der Waals surface area contributed by atoms with Crippen molar-refractivity contribution in [2.24, 2.45) is 14.1 Å². The van der Waals surface area contributed by atoms with E-state index in [1.54, 1.807) is 11.0 Å². The Morgan fingerprint density at radius 1 is 1.41 bits per heavy atom. The van der Waals surface area contributed by atoms with Gasteiger partial charge in [0, 0.05) is 27.1 Å². The number of nitrogens with zero attached hydrogens (tertiary/aromatic N) is 5. The Morgan fingerprint density at radius 2 is 2.18 bits per heavy atom. The van der Waals surface area contributed by atoms with Gasteiger partial charge in [0.25, 0.3) is 0 Å². The molecule has 0 aromatic carbocycles. The first-order chi connectivity index (χ1) is 8.09. The van der Waals surface area contributed by atoms with Crippen LogP contribution in [0.15, 0.2) is 6.33 Å². The van der Waals surface area contributed by atoms with Crippen LogP contribution in [-0.4, -0.2) is 31.1 Å². The number of aryl methyl sites for hydroxylation is 3. The lowest BCUT2D eigenvalue weighted by Crippen LogP contribution is -2.12. The first-order valence-corrected chi connectivity index (χ1v) is 5.45. The molecular formula is C10H17N7. The van der Waals surface area contributed by atoms with Crippen molar-refractivity contribution in [1.29, 1.82) is 0 Å². The number of anilines is 2. The summed E-state index contributed by atoms with van der Waals surface area (Å²) in [6.07, 6.45) is 2.48. The van der Waals surface area contributed by atoms with Gasteiger partial charge in [-0.3, -0.25) is 4.68 Å². The zero-order valence-electron chi connectivity index (χ0n) is 10.3. The van der Waals surface area contributed by atoms with Crippen LogP contribution < -0.4 is 11.1 Å². The predicted octanol–water partition coefficient (Wildman–Crippen LogP) is 0.0938. The highest BCUT2D eigenvalue weighted by Gasteiger charge is 2.09. The van der Waals surface area contributed by atoms with Gasteiger partial charge in [-0.25, -0.2) is 0 Å². The van der Waals surface area contributed by atoms with Gasteiger partial charge in [-0.15, -0.1) is 10.2 Å². The van der Waals surface area contributed by atoms with Crippen molar-refractivity contribution in [3.63, 3.8) is 0 Å². The number of nitrogens with two attached hydrogens (primary N) is 1. The fraction of sp³-hybridized carbons (Fsp3) is 0.500. The molecule has 2 heterocycles. The molecule has 0 spiro atoms. The lowest BCUT2D eigenvalue weighted by molar-refractivity contribution is 0.747. The monoisotopic (exact) mass is 235 g/mol. The average molecular weight is 235 g/mol. The minimum Gasteiger partial charge on any atom is -0.394 e. The van der Waals surface area contributed by atoms with Crippen LogP contribution in [-0.2, 0) is 20.5 Å². The maximum Gasteiger partial charge on any atom is 0.147 e. The van der Waals surface area contributed by atoms with E-state index < -0.39 is 0 Å². The highest BCUT2D eigenvalue weighted by Crippen LogP contribution is 2.20. The molecule has 2 aromatic rings. The topological polar surface area (TPSA) is 86.6 Å². The molecule has 2 rings (SSSR count). The van der Waals surface area contributed by atoms with E-state index in [1.165, 1.54) is 0 Å². The van der Waals surface area contributed by atoms with Gasteiger partial charge in [0.2, 0.25) is 0 Å². The molecule has 17 heavy (non-hydrogen) atoms. The molecule has 0 radical (unpaired) electrons. The van der Waals surface area contributed by atoms with Crippen LogP contribution in [0, 0.1) is 6.92 Å². The normalized spacial score (nSPS) is 10.8. The van der Waals surface area contributed by atoms with E-state index in [2.05, 4.69) is 20.6 Å². The summed E-state index contributed by atoms with van der Waals surface area (Å²) in [5, 5.41) is 15.3. The number of nitrogen functional groups attached to an aromatic ring is 1. The molecule has 0 saturated carbocycles. The van der Waals surface area contributed by atoms with Gasteiger partial charge in [0.05, 0.1) is 11.4 Å². The summed E-state index contributed by atoms with van der Waals surface area (Å²) in [7, 11) is 3.80. The van der Waals surface area contributed by atoms with E-state index in [0.717, 1.165) is 30.3 Å². The van der Waals surface area contributed by atoms with Crippen molar-refractivity contribution in [3.05, 3.63) is 17.8 Å². The summed E-state index contributed by atoms with van der Waals surface area (Å²) < 4.78 is 3.65. The molecule has 0 bridgehead atoms. The lowest BCUT2D eigenvalue weighted by atomic mass is 10.3. The van der Waals surface area contributed by atoms with E-state index in [9.17, 15) is 0 Å². The standard InChI is InChI=1S/C10H17N7/c1-7-9(11)10(17(3)15-7)12-5-4-8-14-13-6-16(8)2/h6,12H,4-5,11H2,1-3H3. The quantitative estimate of drug-likeness (QED) is 0.784. The van der Waals surface area contributed by atoms with Crippen LogP contribution in [0.3, 0.4) is 0 Å². The summed E-state index contributed by atoms with van der Waals surface area (Å²) in [5.74, 6) is 1.79. The lowest BCUT2D eigenvalue weighted by Gasteiger charge is -2.07. The first kappa shape index (κ1) is 11.4. The van der Waals surface area contributed by atoms with Crippen molar-refractivity contribution in [3.8, 4) is 0 Å². The summed E-state index contributed by atoms with van der Waals surface area (Å²) in [6, 6.07) is 0. The van der Waals surface area contributed by atoms with Gasteiger partial charge < -0.3 is 15.6 Å². The number of nitrogens with one attached hydrogen (secondary N) is 1. The summed E-state index contributed by atoms with van der Waals surface area (Å²) in [6.45, 7) is 2.64. The smallest absolute Gasteiger partial charge is 0.147 e. The van der Waals surface area contributed by atoms with Crippen molar-refractivity contribution in [2.75, 3.05) is 17.6 Å². The molecule has 0 aliphatic rings. The van der Waals surface area contributed by atoms with Gasteiger partial charge in [0.1, 0.15) is 18.0 Å². The zero-order valence-corrected chi connectivity index (χ0v) is 10.3. The Balaban J connectivity index is 1.97. The van der Waals surface area contributed by atoms with E-state index in [1.807, 2.05) is 25.6 Å². The van der Waals surface area contributed by atoms with E-state index >= 15 is 0 Å². The Bertz CT molecular complexity index is 511. The predicted molar refractivity (Wildman–Crippen MR) is 65.6 cm³/mol. The van der Waals surface area contributed by atoms with Gasteiger partial charge >= 0.3 is 0 Å². The average Bonchev–Trinajstić information content (AvgIpc) is 2.78. The number of aromatic nitrogens is 5. The molecule has 0 saturated heterocycles. The number of hydrogen-bond acceptors (Lipinski definition) is 5. The molecule has 3 N–H and O–H groups in total. The summed E-state index contributed by atoms with van der Waals surface area (Å²) in [4.78, 5) is 0. The van der Waals surface area contributed by atoms with Crippen LogP contribution in [0.5, 0.6) is 0 Å². The van der Waals surface area contributed by atoms with Gasteiger partial charge in [0.15, 0.2) is 0 Å². The molecule has 0 fully saturated rings. The van der Waals surface area contributed by atoms with Crippen LogP contribution in [0.1, 0.15) is 11.5 Å². The Hall–Kier alpha value is -2.05. The van der Waals surface area contributed by atoms with Crippen LogP contribution in [0.2, 0.25) is 0 Å². The van der Waals surface area contributed by atoms with Crippen LogP contribution >= 0.6 is 0 Å². The van der Waals surface area contributed by atoms with E-state index in [-0.39, 0.29) is 0 Å². The molecule has 7 nitrogen and oxygen atoms in total. The maximum absolute atomic E-state index is 5.91. The second kappa shape index (κ2) is 4.44. The van der Waals surface area contributed by atoms with Crippen molar-refractivity contribution < 1.29 is 0 Å². The molecule has 0 atom stereocenters. The molecule has 0 amide bonds. The Morgan fingerprint density at radius 3 is 2.71 bits per heavy atom. The molecule has 7 heteroatoms. The fourth-order valence-corrected chi connectivity index (χ4v) is 1.71. The molecule has 2 aromatic heterocycles. The third kappa shape index (κ3) is 2.22. The largest absolute Gasteiger partial charge is 0.394 e. The fourth-order valence-electron chi connectivity index (χ4n) is 1.71. The van der Waals surface area contributed by atoms with E-state index in [0.29, 0.717) is 5.69 Å². The summed E-state index contributed by atoms with van der Waals surface area (Å²) >= 11 is 0. The highest BCUT2D eigenvalue weighted by atomic mass is 15.3. The Labute approximate surface area is 99.6 Å². The molecule has 0 aliphatic carbocycles. The van der Waals surface area contributed by atoms with Gasteiger partial charge in [-0.2, -0.15) is 5.10 Å². The van der Waals surface area contributed by atoms with Crippen molar-refractivity contribution in [1.82, 2.24) is 24.5 Å². The Kier molecular flexibility index (Phi) is 2.99. The minimum absolute atomic E-state index is 0.700. The second-order valence-corrected chi connectivity index (χ2v) is 4.01. The molecule has 0 aliphatic heterocycles. The van der Waals surface area contributed by atoms with Crippen molar-refractivity contribution >= 4 is 11.5 Å². The van der Waals surface area contributed by atoms with Crippen LogP contribution in [0.4, 0.5) is 11.5 Å². The third-order valence-corrected chi connectivity index (χ3v) is 2.71. The van der Waals surface area contributed by atoms with E-state index in [4.69, 9.17) is 5.73 Å². The van der Waals surface area contributed by atoms with Crippen molar-refractivity contribution in [2.45, 2.75) is 13.3 Å². The third-order valence-electron chi connectivity index (χ3n) is 2.71. The maximum atomic E-state index is 5.91. The van der Waals surface area contributed by atoms with Gasteiger partial charge in [-0.05, 0) is 6.92 Å². The first-order valence-electron chi connectivity index (χ1n) is 5.45. The zero-order chi connectivity index (χ0) is 12.4. The molecular weight excluding hydrogens is 218 g/mol. The number of rotatable bonds is 4. The summed E-state index contributed by atoms with van der Waals surface area (Å²) in [5.41, 5.74) is 7.45. The molecule has 0 unspecified atom stereocenters.